The lowest BCUT2D eigenvalue weighted by atomic mass is 10.2. The van der Waals surface area contributed by atoms with E-state index in [0.717, 1.165) is 52.1 Å². The molecule has 23 heavy (non-hydrogen) atoms. The first-order valence-electron chi connectivity index (χ1n) is 7.81. The van der Waals surface area contributed by atoms with Gasteiger partial charge in [-0.25, -0.2) is 0 Å². The number of morpholine rings is 1. The Balaban J connectivity index is 1.50. The summed E-state index contributed by atoms with van der Waals surface area (Å²) in [6, 6.07) is 5.39. The van der Waals surface area contributed by atoms with Gasteiger partial charge >= 0.3 is 0 Å². The molecular formula is C16H19Cl2N3O2. The number of hydrogen-bond acceptors (Lipinski definition) is 5. The summed E-state index contributed by atoms with van der Waals surface area (Å²) in [5.41, 5.74) is 0.697. The van der Waals surface area contributed by atoms with E-state index in [-0.39, 0.29) is 0 Å². The Kier molecular flexibility index (Phi) is 5.89. The van der Waals surface area contributed by atoms with Gasteiger partial charge in [0.25, 0.3) is 0 Å². The second-order valence-electron chi connectivity index (χ2n) is 5.52. The van der Waals surface area contributed by atoms with Gasteiger partial charge in [-0.15, -0.1) is 0 Å². The molecule has 2 aromatic rings. The molecule has 0 radical (unpaired) electrons. The van der Waals surface area contributed by atoms with E-state index in [4.69, 9.17) is 32.5 Å². The Bertz CT molecular complexity index is 642. The molecule has 1 saturated heterocycles. The number of benzene rings is 1. The van der Waals surface area contributed by atoms with Gasteiger partial charge in [0, 0.05) is 25.1 Å². The summed E-state index contributed by atoms with van der Waals surface area (Å²) >= 11 is 12.2. The quantitative estimate of drug-likeness (QED) is 0.739. The van der Waals surface area contributed by atoms with E-state index in [2.05, 4.69) is 15.0 Å². The Morgan fingerprint density at radius 1 is 1.13 bits per heavy atom. The van der Waals surface area contributed by atoms with Gasteiger partial charge in [0.2, 0.25) is 11.7 Å². The van der Waals surface area contributed by atoms with Crippen LogP contribution in [0.5, 0.6) is 0 Å². The average molecular weight is 356 g/mol. The summed E-state index contributed by atoms with van der Waals surface area (Å²) < 4.78 is 10.7. The highest BCUT2D eigenvalue weighted by Gasteiger charge is 2.14. The Morgan fingerprint density at radius 2 is 1.96 bits per heavy atom. The maximum Gasteiger partial charge on any atom is 0.226 e. The van der Waals surface area contributed by atoms with Gasteiger partial charge in [0.15, 0.2) is 0 Å². The molecule has 1 aromatic heterocycles. The molecule has 0 amide bonds. The zero-order valence-corrected chi connectivity index (χ0v) is 14.3. The van der Waals surface area contributed by atoms with Crippen LogP contribution in [0.15, 0.2) is 22.7 Å². The smallest absolute Gasteiger partial charge is 0.226 e. The molecule has 0 unspecified atom stereocenters. The molecule has 0 aliphatic carbocycles. The number of aromatic nitrogens is 2. The fourth-order valence-electron chi connectivity index (χ4n) is 2.58. The fraction of sp³-hybridized carbons (Fsp3) is 0.500. The van der Waals surface area contributed by atoms with Crippen LogP contribution in [0.3, 0.4) is 0 Å². The summed E-state index contributed by atoms with van der Waals surface area (Å²) in [6.45, 7) is 4.82. The standard InChI is InChI=1S/C16H19Cl2N3O2/c17-13-5-3-4-12(15(13)18)16-19-14(23-20-16)6-1-2-7-21-8-10-22-11-9-21/h3-5H,1-2,6-11H2. The zero-order chi connectivity index (χ0) is 16.1. The highest BCUT2D eigenvalue weighted by Crippen LogP contribution is 2.31. The third kappa shape index (κ3) is 4.44. The van der Waals surface area contributed by atoms with E-state index in [0.29, 0.717) is 27.3 Å². The Morgan fingerprint density at radius 3 is 2.78 bits per heavy atom. The maximum absolute atomic E-state index is 6.18. The number of hydrogen-bond donors (Lipinski definition) is 0. The zero-order valence-electron chi connectivity index (χ0n) is 12.8. The number of nitrogens with zero attached hydrogens (tertiary/aromatic N) is 3. The number of halogens is 2. The minimum atomic E-state index is 0.453. The van der Waals surface area contributed by atoms with E-state index in [1.165, 1.54) is 0 Å². The van der Waals surface area contributed by atoms with E-state index < -0.39 is 0 Å². The van der Waals surface area contributed by atoms with E-state index in [9.17, 15) is 0 Å². The number of ether oxygens (including phenoxy) is 1. The van der Waals surface area contributed by atoms with Crippen molar-refractivity contribution in [3.05, 3.63) is 34.1 Å². The first-order valence-corrected chi connectivity index (χ1v) is 8.57. The van der Waals surface area contributed by atoms with Crippen molar-refractivity contribution in [3.63, 3.8) is 0 Å². The Hall–Kier alpha value is -1.14. The fourth-order valence-corrected chi connectivity index (χ4v) is 2.96. The summed E-state index contributed by atoms with van der Waals surface area (Å²) in [5, 5.41) is 4.94. The van der Waals surface area contributed by atoms with Crippen LogP contribution >= 0.6 is 23.2 Å². The number of rotatable bonds is 6. The minimum absolute atomic E-state index is 0.453. The second-order valence-corrected chi connectivity index (χ2v) is 6.31. The SMILES string of the molecule is Clc1cccc(-c2noc(CCCCN3CCOCC3)n2)c1Cl. The van der Waals surface area contributed by atoms with Gasteiger partial charge < -0.3 is 9.26 Å². The molecule has 1 aliphatic rings. The lowest BCUT2D eigenvalue weighted by Crippen LogP contribution is -2.36. The Labute approximate surface area is 145 Å². The van der Waals surface area contributed by atoms with Gasteiger partial charge in [-0.05, 0) is 31.5 Å². The van der Waals surface area contributed by atoms with Crippen LogP contribution in [0.25, 0.3) is 11.4 Å². The second kappa shape index (κ2) is 8.11. The van der Waals surface area contributed by atoms with Gasteiger partial charge in [-0.3, -0.25) is 4.90 Å². The molecule has 0 saturated carbocycles. The van der Waals surface area contributed by atoms with E-state index in [1.807, 2.05) is 12.1 Å². The average Bonchev–Trinajstić information content (AvgIpc) is 3.04. The van der Waals surface area contributed by atoms with E-state index in [1.54, 1.807) is 6.07 Å². The third-order valence-corrected chi connectivity index (χ3v) is 4.70. The van der Waals surface area contributed by atoms with Crippen LogP contribution in [0.4, 0.5) is 0 Å². The summed E-state index contributed by atoms with van der Waals surface area (Å²) in [4.78, 5) is 6.84. The van der Waals surface area contributed by atoms with Gasteiger partial charge in [0.05, 0.1) is 23.3 Å². The molecule has 1 fully saturated rings. The minimum Gasteiger partial charge on any atom is -0.379 e. The molecular weight excluding hydrogens is 337 g/mol. The molecule has 0 spiro atoms. The monoisotopic (exact) mass is 355 g/mol. The lowest BCUT2D eigenvalue weighted by Gasteiger charge is -2.26. The molecule has 7 heteroatoms. The molecule has 1 aliphatic heterocycles. The van der Waals surface area contributed by atoms with Crippen molar-refractivity contribution in [1.29, 1.82) is 0 Å². The first-order chi connectivity index (χ1) is 11.2. The number of unbranched alkanes of at least 4 members (excludes halogenated alkanes) is 1. The van der Waals surface area contributed by atoms with Gasteiger partial charge in [-0.2, -0.15) is 4.98 Å². The van der Waals surface area contributed by atoms with Crippen molar-refractivity contribution in [2.75, 3.05) is 32.8 Å². The molecule has 1 aromatic carbocycles. The van der Waals surface area contributed by atoms with E-state index >= 15 is 0 Å². The van der Waals surface area contributed by atoms with Crippen molar-refractivity contribution in [2.24, 2.45) is 0 Å². The molecule has 0 N–H and O–H groups in total. The lowest BCUT2D eigenvalue weighted by molar-refractivity contribution is 0.0371. The summed E-state index contributed by atoms with van der Waals surface area (Å²) in [6.07, 6.45) is 2.90. The number of aryl methyl sites for hydroxylation is 1. The van der Waals surface area contributed by atoms with Crippen LogP contribution in [-0.4, -0.2) is 47.9 Å². The first kappa shape index (κ1) is 16.7. The molecule has 124 valence electrons. The van der Waals surface area contributed by atoms with Crippen LogP contribution in [0.2, 0.25) is 10.0 Å². The van der Waals surface area contributed by atoms with Crippen LogP contribution in [-0.2, 0) is 11.2 Å². The highest BCUT2D eigenvalue weighted by molar-refractivity contribution is 6.43. The van der Waals surface area contributed by atoms with Crippen molar-refractivity contribution in [2.45, 2.75) is 19.3 Å². The van der Waals surface area contributed by atoms with Gasteiger partial charge in [-0.1, -0.05) is 34.4 Å². The van der Waals surface area contributed by atoms with Crippen LogP contribution in [0, 0.1) is 0 Å². The van der Waals surface area contributed by atoms with Crippen molar-refractivity contribution < 1.29 is 9.26 Å². The summed E-state index contributed by atoms with van der Waals surface area (Å²) in [7, 11) is 0. The highest BCUT2D eigenvalue weighted by atomic mass is 35.5. The third-order valence-electron chi connectivity index (χ3n) is 3.88. The molecule has 0 bridgehead atoms. The molecule has 3 rings (SSSR count). The largest absolute Gasteiger partial charge is 0.379 e. The van der Waals surface area contributed by atoms with Crippen LogP contribution in [0.1, 0.15) is 18.7 Å². The summed E-state index contributed by atoms with van der Waals surface area (Å²) in [5.74, 6) is 1.12. The van der Waals surface area contributed by atoms with Crippen molar-refractivity contribution in [3.8, 4) is 11.4 Å². The van der Waals surface area contributed by atoms with Gasteiger partial charge in [0.1, 0.15) is 0 Å². The van der Waals surface area contributed by atoms with Crippen molar-refractivity contribution >= 4 is 23.2 Å². The molecule has 5 nitrogen and oxygen atoms in total. The predicted octanol–water partition coefficient (Wildman–Crippen LogP) is 3.70. The van der Waals surface area contributed by atoms with Crippen LogP contribution < -0.4 is 0 Å². The maximum atomic E-state index is 6.18. The topological polar surface area (TPSA) is 51.4 Å². The normalized spacial score (nSPS) is 15.9. The molecule has 0 atom stereocenters. The van der Waals surface area contributed by atoms with Crippen molar-refractivity contribution in [1.82, 2.24) is 15.0 Å². The predicted molar refractivity (Wildman–Crippen MR) is 90.0 cm³/mol. The molecule has 2 heterocycles.